The second-order valence-electron chi connectivity index (χ2n) is 7.50. The molecular weight excluding hydrogens is 340 g/mol. The van der Waals surface area contributed by atoms with Crippen LogP contribution in [0, 0.1) is 11.8 Å². The van der Waals surface area contributed by atoms with E-state index in [4.69, 9.17) is 4.74 Å². The molecule has 0 aromatic heterocycles. The first-order valence-corrected chi connectivity index (χ1v) is 9.50. The largest absolute Gasteiger partial charge is 0.491 e. The molecule has 2 aliphatic rings. The second-order valence-corrected chi connectivity index (χ2v) is 7.50. The van der Waals surface area contributed by atoms with Gasteiger partial charge in [-0.2, -0.15) is 0 Å². The van der Waals surface area contributed by atoms with Gasteiger partial charge >= 0.3 is 0 Å². The van der Waals surface area contributed by atoms with Gasteiger partial charge in [0, 0.05) is 17.9 Å². The van der Waals surface area contributed by atoms with Gasteiger partial charge in [0.2, 0.25) is 11.8 Å². The van der Waals surface area contributed by atoms with Crippen molar-refractivity contribution in [3.8, 4) is 5.75 Å². The van der Waals surface area contributed by atoms with Crippen LogP contribution < -0.4 is 15.0 Å². The number of anilines is 2. The lowest BCUT2D eigenvalue weighted by Crippen LogP contribution is -2.31. The van der Waals surface area contributed by atoms with Crippen molar-refractivity contribution < 1.29 is 14.3 Å². The summed E-state index contributed by atoms with van der Waals surface area (Å²) < 4.78 is 5.61. The normalized spacial score (nSPS) is 20.3. The summed E-state index contributed by atoms with van der Waals surface area (Å²) >= 11 is 0. The average Bonchev–Trinajstić information content (AvgIpc) is 3.34. The molecule has 5 heteroatoms. The van der Waals surface area contributed by atoms with Crippen LogP contribution in [0.4, 0.5) is 11.4 Å². The Morgan fingerprint density at radius 1 is 1.07 bits per heavy atom. The molecule has 4 rings (SSSR count). The summed E-state index contributed by atoms with van der Waals surface area (Å²) in [5.74, 6) is 0.311. The van der Waals surface area contributed by atoms with E-state index in [2.05, 4.69) is 11.4 Å². The van der Waals surface area contributed by atoms with Crippen LogP contribution in [0.15, 0.2) is 48.5 Å². The van der Waals surface area contributed by atoms with Crippen LogP contribution in [0.1, 0.15) is 25.8 Å². The predicted octanol–water partition coefficient (Wildman–Crippen LogP) is 3.64. The number of ether oxygens (including phenoxy) is 1. The third-order valence-corrected chi connectivity index (χ3v) is 5.09. The lowest BCUT2D eigenvalue weighted by Gasteiger charge is -2.17. The number of benzene rings is 2. The Bertz CT molecular complexity index is 860. The van der Waals surface area contributed by atoms with E-state index in [1.807, 2.05) is 61.2 Å². The van der Waals surface area contributed by atoms with Gasteiger partial charge in [-0.25, -0.2) is 0 Å². The van der Waals surface area contributed by atoms with E-state index in [-0.39, 0.29) is 29.8 Å². The van der Waals surface area contributed by atoms with E-state index in [1.54, 1.807) is 0 Å². The summed E-state index contributed by atoms with van der Waals surface area (Å²) in [6.07, 6.45) is 1.62. The molecule has 1 aliphatic heterocycles. The Morgan fingerprint density at radius 2 is 1.81 bits per heavy atom. The maximum Gasteiger partial charge on any atom is 0.230 e. The summed E-state index contributed by atoms with van der Waals surface area (Å²) in [5.41, 5.74) is 2.92. The molecule has 1 N–H and O–H groups in total. The van der Waals surface area contributed by atoms with Gasteiger partial charge < -0.3 is 15.0 Å². The maximum atomic E-state index is 12.8. The van der Waals surface area contributed by atoms with E-state index in [9.17, 15) is 9.59 Å². The average molecular weight is 364 g/mol. The lowest BCUT2D eigenvalue weighted by molar-refractivity contribution is -0.123. The zero-order valence-electron chi connectivity index (χ0n) is 15.6. The van der Waals surface area contributed by atoms with Gasteiger partial charge in [-0.1, -0.05) is 18.2 Å². The van der Waals surface area contributed by atoms with E-state index < -0.39 is 0 Å². The molecule has 2 unspecified atom stereocenters. The number of para-hydroxylation sites is 1. The van der Waals surface area contributed by atoms with Crippen LogP contribution in [0.5, 0.6) is 5.75 Å². The molecule has 1 fully saturated rings. The first-order valence-electron chi connectivity index (χ1n) is 9.50. The molecule has 0 radical (unpaired) electrons. The van der Waals surface area contributed by atoms with Gasteiger partial charge in [-0.3, -0.25) is 9.59 Å². The van der Waals surface area contributed by atoms with Gasteiger partial charge in [0.1, 0.15) is 5.75 Å². The smallest absolute Gasteiger partial charge is 0.230 e. The minimum Gasteiger partial charge on any atom is -0.491 e. The highest BCUT2D eigenvalue weighted by atomic mass is 16.5. The molecule has 1 saturated carbocycles. The summed E-state index contributed by atoms with van der Waals surface area (Å²) in [4.78, 5) is 27.2. The zero-order chi connectivity index (χ0) is 19.0. The summed E-state index contributed by atoms with van der Waals surface area (Å²) in [7, 11) is 0. The number of fused-ring (bicyclic) bond motifs is 1. The second kappa shape index (κ2) is 7.06. The third-order valence-electron chi connectivity index (χ3n) is 5.09. The standard InChI is InChI=1S/C22H24N2O3/c1-14(2)27-17-9-7-16(8-10-17)23-21(25)18-13-19(18)22(26)24-12-11-15-5-3-4-6-20(15)24/h3-10,14,18-19H,11-13H2,1-2H3,(H,23,25). The molecule has 0 saturated heterocycles. The first-order chi connectivity index (χ1) is 13.0. The molecule has 0 spiro atoms. The topological polar surface area (TPSA) is 58.6 Å². The molecule has 1 aliphatic carbocycles. The molecular formula is C22H24N2O3. The van der Waals surface area contributed by atoms with Crippen LogP contribution in [0.25, 0.3) is 0 Å². The number of hydrogen-bond acceptors (Lipinski definition) is 3. The van der Waals surface area contributed by atoms with Crippen molar-refractivity contribution >= 4 is 23.2 Å². The number of nitrogens with zero attached hydrogens (tertiary/aromatic N) is 1. The zero-order valence-corrected chi connectivity index (χ0v) is 15.6. The van der Waals surface area contributed by atoms with E-state index in [1.165, 1.54) is 5.56 Å². The third kappa shape index (κ3) is 3.68. The fourth-order valence-corrected chi connectivity index (χ4v) is 3.65. The minimum absolute atomic E-state index is 0.0702. The number of rotatable bonds is 5. The molecule has 2 amide bonds. The van der Waals surface area contributed by atoms with Crippen molar-refractivity contribution in [1.82, 2.24) is 0 Å². The van der Waals surface area contributed by atoms with Crippen molar-refractivity contribution in [3.63, 3.8) is 0 Å². The van der Waals surface area contributed by atoms with Crippen LogP contribution >= 0.6 is 0 Å². The van der Waals surface area contributed by atoms with E-state index in [0.717, 1.165) is 23.5 Å². The highest BCUT2D eigenvalue weighted by molar-refractivity contribution is 6.05. The van der Waals surface area contributed by atoms with Gasteiger partial charge in [0.15, 0.2) is 0 Å². The van der Waals surface area contributed by atoms with Crippen molar-refractivity contribution in [2.75, 3.05) is 16.8 Å². The molecule has 5 nitrogen and oxygen atoms in total. The highest BCUT2D eigenvalue weighted by Crippen LogP contribution is 2.43. The van der Waals surface area contributed by atoms with Crippen LogP contribution in [0.3, 0.4) is 0 Å². The number of amides is 2. The monoisotopic (exact) mass is 364 g/mol. The summed E-state index contributed by atoms with van der Waals surface area (Å²) in [6.45, 7) is 4.65. The number of carbonyl (C=O) groups excluding carboxylic acids is 2. The Hall–Kier alpha value is -2.82. The van der Waals surface area contributed by atoms with Crippen molar-refractivity contribution in [1.29, 1.82) is 0 Å². The fraction of sp³-hybridized carbons (Fsp3) is 0.364. The first kappa shape index (κ1) is 17.6. The van der Waals surface area contributed by atoms with Gasteiger partial charge in [0.05, 0.1) is 17.9 Å². The Balaban J connectivity index is 1.35. The van der Waals surface area contributed by atoms with E-state index in [0.29, 0.717) is 13.0 Å². The van der Waals surface area contributed by atoms with Crippen molar-refractivity contribution in [3.05, 3.63) is 54.1 Å². The quantitative estimate of drug-likeness (QED) is 0.881. The minimum atomic E-state index is -0.239. The SMILES string of the molecule is CC(C)Oc1ccc(NC(=O)C2CC2C(=O)N2CCc3ccccc32)cc1. The Kier molecular flexibility index (Phi) is 4.60. The molecule has 1 heterocycles. The molecule has 140 valence electrons. The summed E-state index contributed by atoms with van der Waals surface area (Å²) in [5, 5.41) is 2.91. The van der Waals surface area contributed by atoms with Crippen LogP contribution in [-0.4, -0.2) is 24.5 Å². The van der Waals surface area contributed by atoms with E-state index >= 15 is 0 Å². The van der Waals surface area contributed by atoms with Crippen molar-refractivity contribution in [2.24, 2.45) is 11.8 Å². The van der Waals surface area contributed by atoms with Gasteiger partial charge in [-0.15, -0.1) is 0 Å². The van der Waals surface area contributed by atoms with Gasteiger partial charge in [-0.05, 0) is 62.6 Å². The fourth-order valence-electron chi connectivity index (χ4n) is 3.65. The Morgan fingerprint density at radius 3 is 2.56 bits per heavy atom. The van der Waals surface area contributed by atoms with Crippen molar-refractivity contribution in [2.45, 2.75) is 32.8 Å². The number of hydrogen-bond donors (Lipinski definition) is 1. The van der Waals surface area contributed by atoms with Crippen LogP contribution in [0.2, 0.25) is 0 Å². The number of nitrogens with one attached hydrogen (secondary N) is 1. The Labute approximate surface area is 159 Å². The van der Waals surface area contributed by atoms with Gasteiger partial charge in [0.25, 0.3) is 0 Å². The van der Waals surface area contributed by atoms with Crippen LogP contribution in [-0.2, 0) is 16.0 Å². The molecule has 27 heavy (non-hydrogen) atoms. The highest BCUT2D eigenvalue weighted by Gasteiger charge is 2.50. The predicted molar refractivity (Wildman–Crippen MR) is 105 cm³/mol. The summed E-state index contributed by atoms with van der Waals surface area (Å²) in [6, 6.07) is 15.3. The molecule has 2 aromatic carbocycles. The lowest BCUT2D eigenvalue weighted by atomic mass is 10.2. The molecule has 0 bridgehead atoms. The molecule has 2 atom stereocenters. The molecule has 2 aromatic rings. The number of carbonyl (C=O) groups is 2. The maximum absolute atomic E-state index is 12.8.